The predicted octanol–water partition coefficient (Wildman–Crippen LogP) is 4.03. The SMILES string of the molecule is CCCCOC(O)(OCCCC)OCC(=O)[C@@]1(O)CC[C@H]2[C@@H]3CCC4=CC(=O)C=C[C@]4(C)[C@H]3C(=O)C[C@@]21C. The third kappa shape index (κ3) is 4.99. The molecule has 0 unspecified atom stereocenters. The van der Waals surface area contributed by atoms with Crippen molar-refractivity contribution < 1.29 is 38.8 Å². The van der Waals surface area contributed by atoms with Crippen LogP contribution < -0.4 is 0 Å². The third-order valence-electron chi connectivity index (χ3n) is 9.82. The number of allylic oxidation sites excluding steroid dienone is 4. The summed E-state index contributed by atoms with van der Waals surface area (Å²) in [6.07, 6.45) is 8.22. The highest BCUT2D eigenvalue weighted by Crippen LogP contribution is 2.66. The lowest BCUT2D eigenvalue weighted by Crippen LogP contribution is -2.61. The normalized spacial score (nSPS) is 36.5. The molecule has 8 heteroatoms. The van der Waals surface area contributed by atoms with Gasteiger partial charge in [-0.1, -0.05) is 52.2 Å². The Morgan fingerprint density at radius 2 is 1.74 bits per heavy atom. The molecule has 3 saturated carbocycles. The van der Waals surface area contributed by atoms with Crippen molar-refractivity contribution >= 4 is 17.3 Å². The average molecular weight is 533 g/mol. The molecule has 0 amide bonds. The lowest BCUT2D eigenvalue weighted by Gasteiger charge is -2.56. The van der Waals surface area contributed by atoms with Crippen molar-refractivity contribution in [2.24, 2.45) is 28.6 Å². The fourth-order valence-corrected chi connectivity index (χ4v) is 7.58. The number of Topliss-reactive ketones (excluding diaryl/α,β-unsaturated/α-hetero) is 2. The zero-order chi connectivity index (χ0) is 27.8. The molecule has 0 aromatic rings. The summed E-state index contributed by atoms with van der Waals surface area (Å²) in [7, 11) is 0. The van der Waals surface area contributed by atoms with Crippen LogP contribution in [0.1, 0.15) is 85.5 Å². The monoisotopic (exact) mass is 532 g/mol. The van der Waals surface area contributed by atoms with Gasteiger partial charge in [0.1, 0.15) is 18.0 Å². The van der Waals surface area contributed by atoms with Gasteiger partial charge in [0.15, 0.2) is 11.6 Å². The third-order valence-corrected chi connectivity index (χ3v) is 9.82. The van der Waals surface area contributed by atoms with Crippen molar-refractivity contribution in [2.75, 3.05) is 19.8 Å². The Labute approximate surface area is 225 Å². The minimum absolute atomic E-state index is 0.00989. The van der Waals surface area contributed by atoms with E-state index in [9.17, 15) is 24.6 Å². The van der Waals surface area contributed by atoms with E-state index in [0.29, 0.717) is 19.3 Å². The van der Waals surface area contributed by atoms with Crippen molar-refractivity contribution in [2.45, 2.75) is 97.2 Å². The molecule has 0 saturated heterocycles. The van der Waals surface area contributed by atoms with E-state index in [1.54, 1.807) is 12.2 Å². The van der Waals surface area contributed by atoms with Crippen LogP contribution in [-0.2, 0) is 28.6 Å². The summed E-state index contributed by atoms with van der Waals surface area (Å²) < 4.78 is 16.4. The van der Waals surface area contributed by atoms with Crippen LogP contribution in [0.2, 0.25) is 0 Å². The van der Waals surface area contributed by atoms with Crippen LogP contribution in [0.3, 0.4) is 0 Å². The standard InChI is InChI=1S/C30H44O8/c1-5-7-15-36-30(35,37-16-8-6-2)38-19-25(33)29(34)14-12-23-22-10-9-20-17-21(31)11-13-27(20,3)26(22)24(32)18-28(23,29)4/h11,13,17,22-23,26,34-35H,5-10,12,14-16,18-19H2,1-4H3/t22-,23-,26+,27-,28-,29-/m0/s1. The molecule has 0 aromatic carbocycles. The number of aliphatic hydroxyl groups is 2. The van der Waals surface area contributed by atoms with Gasteiger partial charge in [0, 0.05) is 23.2 Å². The molecular formula is C30H44O8. The van der Waals surface area contributed by atoms with E-state index < -0.39 is 35.0 Å². The molecule has 8 nitrogen and oxygen atoms in total. The van der Waals surface area contributed by atoms with Crippen molar-refractivity contribution in [3.63, 3.8) is 0 Å². The molecule has 4 aliphatic rings. The molecule has 0 radical (unpaired) electrons. The van der Waals surface area contributed by atoms with E-state index in [1.807, 2.05) is 33.8 Å². The summed E-state index contributed by atoms with van der Waals surface area (Å²) >= 11 is 0. The summed E-state index contributed by atoms with van der Waals surface area (Å²) in [5.41, 5.74) is -2.21. The Morgan fingerprint density at radius 3 is 2.37 bits per heavy atom. The maximum absolute atomic E-state index is 13.8. The van der Waals surface area contributed by atoms with E-state index in [0.717, 1.165) is 31.3 Å². The van der Waals surface area contributed by atoms with Crippen molar-refractivity contribution in [1.82, 2.24) is 0 Å². The Bertz CT molecular complexity index is 990. The quantitative estimate of drug-likeness (QED) is 0.286. The predicted molar refractivity (Wildman–Crippen MR) is 140 cm³/mol. The van der Waals surface area contributed by atoms with Gasteiger partial charge in [0.25, 0.3) is 0 Å². The maximum atomic E-state index is 13.8. The largest absolute Gasteiger partial charge is 0.410 e. The number of ketones is 3. The minimum Gasteiger partial charge on any atom is -0.381 e. The van der Waals surface area contributed by atoms with E-state index in [1.165, 1.54) is 0 Å². The number of carbonyl (C=O) groups is 3. The first-order chi connectivity index (χ1) is 17.9. The Hall–Kier alpha value is -1.71. The highest BCUT2D eigenvalue weighted by Gasteiger charge is 2.68. The highest BCUT2D eigenvalue weighted by molar-refractivity contribution is 6.02. The maximum Gasteiger partial charge on any atom is 0.410 e. The fraction of sp³-hybridized carbons (Fsp3) is 0.767. The lowest BCUT2D eigenvalue weighted by molar-refractivity contribution is -0.483. The summed E-state index contributed by atoms with van der Waals surface area (Å²) in [5.74, 6) is -0.877. The van der Waals surface area contributed by atoms with E-state index in [2.05, 4.69) is 0 Å². The van der Waals surface area contributed by atoms with Crippen LogP contribution in [0.15, 0.2) is 23.8 Å². The molecule has 212 valence electrons. The second kappa shape index (κ2) is 11.0. The molecule has 0 spiro atoms. The van der Waals surface area contributed by atoms with Crippen molar-refractivity contribution in [1.29, 1.82) is 0 Å². The first-order valence-electron chi connectivity index (χ1n) is 14.3. The van der Waals surface area contributed by atoms with Crippen LogP contribution in [0, 0.1) is 28.6 Å². The molecule has 38 heavy (non-hydrogen) atoms. The van der Waals surface area contributed by atoms with Gasteiger partial charge in [0.2, 0.25) is 0 Å². The molecule has 0 aromatic heterocycles. The summed E-state index contributed by atoms with van der Waals surface area (Å²) in [6, 6.07) is 0. The topological polar surface area (TPSA) is 119 Å². The zero-order valence-electron chi connectivity index (χ0n) is 23.3. The van der Waals surface area contributed by atoms with Gasteiger partial charge in [-0.05, 0) is 62.5 Å². The summed E-state index contributed by atoms with van der Waals surface area (Å²) in [4.78, 5) is 39.3. The van der Waals surface area contributed by atoms with Crippen molar-refractivity contribution in [3.05, 3.63) is 23.8 Å². The van der Waals surface area contributed by atoms with Gasteiger partial charge in [0.05, 0.1) is 13.2 Å². The molecular weight excluding hydrogens is 488 g/mol. The molecule has 3 fully saturated rings. The van der Waals surface area contributed by atoms with Gasteiger partial charge in [-0.2, -0.15) is 0 Å². The number of carbonyl (C=O) groups excluding carboxylic acids is 3. The lowest BCUT2D eigenvalue weighted by atomic mass is 9.46. The van der Waals surface area contributed by atoms with Gasteiger partial charge < -0.3 is 19.7 Å². The zero-order valence-corrected chi connectivity index (χ0v) is 23.3. The van der Waals surface area contributed by atoms with E-state index >= 15 is 0 Å². The van der Waals surface area contributed by atoms with Crippen LogP contribution in [0.5, 0.6) is 0 Å². The molecule has 4 rings (SSSR count). The van der Waals surface area contributed by atoms with Gasteiger partial charge in [-0.25, -0.2) is 0 Å². The molecule has 6 atom stereocenters. The highest BCUT2D eigenvalue weighted by atomic mass is 17.0. The van der Waals surface area contributed by atoms with Crippen LogP contribution >= 0.6 is 0 Å². The number of unbranched alkanes of at least 4 members (excludes halogenated alkanes) is 2. The molecule has 2 N–H and O–H groups in total. The van der Waals surface area contributed by atoms with E-state index in [-0.39, 0.29) is 55.4 Å². The number of fused-ring (bicyclic) bond motifs is 5. The average Bonchev–Trinajstić information content (AvgIpc) is 3.14. The Balaban J connectivity index is 1.51. The number of hydrogen-bond acceptors (Lipinski definition) is 8. The van der Waals surface area contributed by atoms with Crippen LogP contribution in [0.4, 0.5) is 0 Å². The number of ether oxygens (including phenoxy) is 3. The Kier molecular flexibility index (Phi) is 8.51. The summed E-state index contributed by atoms with van der Waals surface area (Å²) in [5, 5.41) is 22.7. The second-order valence-corrected chi connectivity index (χ2v) is 12.1. The molecule has 0 aliphatic heterocycles. The Morgan fingerprint density at radius 1 is 1.08 bits per heavy atom. The van der Waals surface area contributed by atoms with Crippen molar-refractivity contribution in [3.8, 4) is 0 Å². The smallest absolute Gasteiger partial charge is 0.381 e. The second-order valence-electron chi connectivity index (χ2n) is 12.1. The number of hydrogen-bond donors (Lipinski definition) is 2. The molecule has 0 bridgehead atoms. The van der Waals surface area contributed by atoms with Crippen LogP contribution in [-0.4, -0.2) is 59.1 Å². The number of rotatable bonds is 12. The fourth-order valence-electron chi connectivity index (χ4n) is 7.58. The van der Waals surface area contributed by atoms with Gasteiger partial charge in [-0.15, -0.1) is 0 Å². The molecule has 0 heterocycles. The van der Waals surface area contributed by atoms with Crippen LogP contribution in [0.25, 0.3) is 0 Å². The summed E-state index contributed by atoms with van der Waals surface area (Å²) in [6.45, 7) is 7.67. The van der Waals surface area contributed by atoms with Gasteiger partial charge >= 0.3 is 6.16 Å². The van der Waals surface area contributed by atoms with E-state index in [4.69, 9.17) is 14.2 Å². The molecule has 4 aliphatic carbocycles. The minimum atomic E-state index is -2.37. The first kappa shape index (κ1) is 29.3. The first-order valence-corrected chi connectivity index (χ1v) is 14.3. The van der Waals surface area contributed by atoms with Gasteiger partial charge in [-0.3, -0.25) is 19.1 Å².